The molecule has 4 N–H and O–H groups in total. The average molecular weight is 509 g/mol. The van der Waals surface area contributed by atoms with Gasteiger partial charge in [-0.15, -0.1) is 5.10 Å². The van der Waals surface area contributed by atoms with Gasteiger partial charge in [-0.2, -0.15) is 5.10 Å². The van der Waals surface area contributed by atoms with Crippen molar-refractivity contribution in [3.63, 3.8) is 0 Å². The molecule has 1 fully saturated rings. The highest BCUT2D eigenvalue weighted by Gasteiger charge is 2.29. The number of nitrogens with two attached hydrogens (primary N) is 1. The number of rotatable bonds is 8. The Kier molecular flexibility index (Phi) is 6.51. The van der Waals surface area contributed by atoms with Gasteiger partial charge in [-0.05, 0) is 67.6 Å². The maximum Gasteiger partial charge on any atom is 0.231 e. The Hall–Kier alpha value is -4.24. The number of hydrogen-bond donors (Lipinski definition) is 3. The first-order chi connectivity index (χ1) is 18.6. The quantitative estimate of drug-likeness (QED) is 0.276. The second-order valence-electron chi connectivity index (χ2n) is 10.1. The van der Waals surface area contributed by atoms with Gasteiger partial charge in [0, 0.05) is 22.7 Å². The Morgan fingerprint density at radius 1 is 1.16 bits per heavy atom. The van der Waals surface area contributed by atoms with E-state index in [1.165, 1.54) is 5.56 Å². The average Bonchev–Trinajstić information content (AvgIpc) is 3.58. The minimum atomic E-state index is -0.264. The predicted molar refractivity (Wildman–Crippen MR) is 149 cm³/mol. The fourth-order valence-corrected chi connectivity index (χ4v) is 5.86. The Balaban J connectivity index is 1.31. The van der Waals surface area contributed by atoms with Crippen molar-refractivity contribution in [2.45, 2.75) is 44.6 Å². The molecule has 1 aliphatic rings. The van der Waals surface area contributed by atoms with Gasteiger partial charge in [0.15, 0.2) is 11.5 Å². The molecule has 0 radical (unpaired) electrons. The minimum Gasteiger partial charge on any atom is -0.369 e. The van der Waals surface area contributed by atoms with Crippen molar-refractivity contribution in [1.29, 1.82) is 0 Å². The van der Waals surface area contributed by atoms with Gasteiger partial charge >= 0.3 is 0 Å². The van der Waals surface area contributed by atoms with Crippen LogP contribution < -0.4 is 11.1 Å². The van der Waals surface area contributed by atoms with Crippen molar-refractivity contribution in [2.75, 3.05) is 18.4 Å². The van der Waals surface area contributed by atoms with Crippen LogP contribution in [0.15, 0.2) is 67.0 Å². The molecule has 1 amide bonds. The van der Waals surface area contributed by atoms with Crippen LogP contribution in [-0.4, -0.2) is 54.7 Å². The lowest BCUT2D eigenvalue weighted by atomic mass is 9.79. The molecule has 6 rings (SSSR count). The molecule has 194 valence electrons. The summed E-state index contributed by atoms with van der Waals surface area (Å²) in [5, 5.41) is 16.5. The van der Waals surface area contributed by atoms with Crippen LogP contribution in [0.1, 0.15) is 44.1 Å². The number of likely N-dealkylation sites (N-methyl/N-ethyl adjacent to an activating group) is 1. The van der Waals surface area contributed by atoms with Crippen molar-refractivity contribution in [2.24, 2.45) is 5.73 Å². The number of primary amides is 1. The number of H-pyrrole nitrogens is 1. The molecule has 5 aromatic rings. The number of carbonyl (C=O) groups is 1. The zero-order valence-electron chi connectivity index (χ0n) is 21.5. The van der Waals surface area contributed by atoms with Gasteiger partial charge in [0.25, 0.3) is 0 Å². The lowest BCUT2D eigenvalue weighted by Gasteiger charge is -2.37. The van der Waals surface area contributed by atoms with E-state index in [1.807, 2.05) is 47.2 Å². The Bertz CT molecular complexity index is 1590. The first kappa shape index (κ1) is 24.1. The van der Waals surface area contributed by atoms with Gasteiger partial charge in [0.05, 0.1) is 30.1 Å². The van der Waals surface area contributed by atoms with E-state index in [2.05, 4.69) is 56.6 Å². The van der Waals surface area contributed by atoms with Crippen molar-refractivity contribution in [3.8, 4) is 11.3 Å². The molecule has 9 heteroatoms. The van der Waals surface area contributed by atoms with Crippen LogP contribution in [0.5, 0.6) is 0 Å². The lowest BCUT2D eigenvalue weighted by Crippen LogP contribution is -2.43. The molecule has 0 aliphatic heterocycles. The Morgan fingerprint density at radius 2 is 2.05 bits per heavy atom. The monoisotopic (exact) mass is 508 g/mol. The molecule has 1 aliphatic carbocycles. The minimum absolute atomic E-state index is 0.264. The number of nitrogens with zero attached hydrogens (tertiary/aromatic N) is 5. The van der Waals surface area contributed by atoms with Gasteiger partial charge in [0.1, 0.15) is 0 Å². The van der Waals surface area contributed by atoms with E-state index in [9.17, 15) is 4.79 Å². The van der Waals surface area contributed by atoms with E-state index in [-0.39, 0.29) is 5.91 Å². The number of aromatic nitrogens is 5. The topological polar surface area (TPSA) is 117 Å². The summed E-state index contributed by atoms with van der Waals surface area (Å²) in [6, 6.07) is 18.9. The standard InChI is InChI=1S/C29H32N8O/c1-2-36(18-27(30)38)22-7-5-6-19(15-22)23-8-3-4-9-24(23)26-17-31-29-13-12-28(35-37(26)29)33-21-10-11-25-20(14-21)16-32-34-25/h3-4,8-14,16-17,19,22H,2,5-7,15,18H2,1H3,(H2,30,38)(H,32,34)(H,33,35). The second-order valence-corrected chi connectivity index (χ2v) is 10.1. The molecule has 2 unspecified atom stereocenters. The molecule has 1 saturated carbocycles. The first-order valence-electron chi connectivity index (χ1n) is 13.3. The van der Waals surface area contributed by atoms with Crippen LogP contribution in [0, 0.1) is 0 Å². The number of fused-ring (bicyclic) bond motifs is 2. The second kappa shape index (κ2) is 10.3. The SMILES string of the molecule is CCN(CC(N)=O)C1CCCC(c2ccccc2-c2cnc3ccc(Nc4ccc5[nH]ncc5c4)nn23)C1. The number of carbonyl (C=O) groups excluding carboxylic acids is 1. The fraction of sp³-hybridized carbons (Fsp3) is 0.310. The van der Waals surface area contributed by atoms with Gasteiger partial charge in [0.2, 0.25) is 5.91 Å². The van der Waals surface area contributed by atoms with Crippen LogP contribution in [0.4, 0.5) is 11.5 Å². The summed E-state index contributed by atoms with van der Waals surface area (Å²) in [5.74, 6) is 0.862. The predicted octanol–water partition coefficient (Wildman–Crippen LogP) is 4.85. The summed E-state index contributed by atoms with van der Waals surface area (Å²) in [4.78, 5) is 18.5. The fourth-order valence-electron chi connectivity index (χ4n) is 5.86. The van der Waals surface area contributed by atoms with E-state index < -0.39 is 0 Å². The summed E-state index contributed by atoms with van der Waals surface area (Å²) >= 11 is 0. The molecule has 2 aromatic carbocycles. The highest BCUT2D eigenvalue weighted by Crippen LogP contribution is 2.39. The normalized spacial score (nSPS) is 17.8. The third-order valence-electron chi connectivity index (χ3n) is 7.68. The third-order valence-corrected chi connectivity index (χ3v) is 7.68. The largest absolute Gasteiger partial charge is 0.369 e. The zero-order valence-corrected chi connectivity index (χ0v) is 21.5. The number of hydrogen-bond acceptors (Lipinski definition) is 6. The summed E-state index contributed by atoms with van der Waals surface area (Å²) in [6.45, 7) is 3.24. The summed E-state index contributed by atoms with van der Waals surface area (Å²) in [5.41, 5.74) is 11.7. The summed E-state index contributed by atoms with van der Waals surface area (Å²) < 4.78 is 1.92. The molecular weight excluding hydrogens is 476 g/mol. The van der Waals surface area contributed by atoms with E-state index in [0.29, 0.717) is 18.5 Å². The molecule has 3 heterocycles. The molecular formula is C29H32N8O. The molecule has 3 aromatic heterocycles. The summed E-state index contributed by atoms with van der Waals surface area (Å²) in [6.07, 6.45) is 8.07. The van der Waals surface area contributed by atoms with E-state index in [1.54, 1.807) is 0 Å². The number of aromatic amines is 1. The maximum absolute atomic E-state index is 11.6. The number of anilines is 2. The van der Waals surface area contributed by atoms with Crippen molar-refractivity contribution in [1.82, 2.24) is 29.7 Å². The van der Waals surface area contributed by atoms with Gasteiger partial charge in [-0.25, -0.2) is 9.50 Å². The van der Waals surface area contributed by atoms with Crippen molar-refractivity contribution < 1.29 is 4.79 Å². The first-order valence-corrected chi connectivity index (χ1v) is 13.3. The molecule has 0 spiro atoms. The molecule has 9 nitrogen and oxygen atoms in total. The Labute approximate surface area is 221 Å². The highest BCUT2D eigenvalue weighted by molar-refractivity contribution is 5.82. The van der Waals surface area contributed by atoms with Crippen molar-refractivity contribution in [3.05, 3.63) is 72.6 Å². The van der Waals surface area contributed by atoms with Crippen LogP contribution >= 0.6 is 0 Å². The zero-order chi connectivity index (χ0) is 26.1. The van der Waals surface area contributed by atoms with E-state index >= 15 is 0 Å². The molecule has 2 atom stereocenters. The van der Waals surface area contributed by atoms with Crippen LogP contribution in [0.25, 0.3) is 27.8 Å². The van der Waals surface area contributed by atoms with Crippen LogP contribution in [0.3, 0.4) is 0 Å². The van der Waals surface area contributed by atoms with E-state index in [4.69, 9.17) is 10.8 Å². The molecule has 0 bridgehead atoms. The number of benzene rings is 2. The van der Waals surface area contributed by atoms with E-state index in [0.717, 1.165) is 71.5 Å². The van der Waals surface area contributed by atoms with Crippen LogP contribution in [-0.2, 0) is 4.79 Å². The Morgan fingerprint density at radius 3 is 2.92 bits per heavy atom. The van der Waals surface area contributed by atoms with Gasteiger partial charge in [-0.1, -0.05) is 37.6 Å². The highest BCUT2D eigenvalue weighted by atomic mass is 16.1. The van der Waals surface area contributed by atoms with Crippen LogP contribution in [0.2, 0.25) is 0 Å². The smallest absolute Gasteiger partial charge is 0.231 e. The van der Waals surface area contributed by atoms with Gasteiger partial charge < -0.3 is 11.1 Å². The summed E-state index contributed by atoms with van der Waals surface area (Å²) in [7, 11) is 0. The number of imidazole rings is 1. The molecule has 0 saturated heterocycles. The third kappa shape index (κ3) is 4.72. The van der Waals surface area contributed by atoms with Crippen molar-refractivity contribution >= 4 is 34.0 Å². The number of amides is 1. The van der Waals surface area contributed by atoms with Gasteiger partial charge in [-0.3, -0.25) is 14.8 Å². The lowest BCUT2D eigenvalue weighted by molar-refractivity contribution is -0.119. The number of nitrogens with one attached hydrogen (secondary N) is 2. The maximum atomic E-state index is 11.6. The molecule has 38 heavy (non-hydrogen) atoms.